The summed E-state index contributed by atoms with van der Waals surface area (Å²) in [6.45, 7) is 5.44. The maximum absolute atomic E-state index is 13.8. The van der Waals surface area contributed by atoms with Crippen molar-refractivity contribution in [1.82, 2.24) is 5.32 Å². The smallest absolute Gasteiger partial charge is 0.264 e. The van der Waals surface area contributed by atoms with Crippen molar-refractivity contribution >= 4 is 45.0 Å². The molecule has 2 N–H and O–H groups in total. The van der Waals surface area contributed by atoms with Gasteiger partial charge in [-0.25, -0.2) is 8.42 Å². The Hall–Kier alpha value is -3.50. The molecule has 10 heteroatoms. The molecule has 0 aromatic heterocycles. The van der Waals surface area contributed by atoms with Gasteiger partial charge in [-0.1, -0.05) is 31.2 Å². The molecule has 0 aliphatic heterocycles. The van der Waals surface area contributed by atoms with E-state index in [0.717, 1.165) is 15.6 Å². The maximum Gasteiger partial charge on any atom is 0.264 e. The first-order chi connectivity index (χ1) is 18.2. The number of anilines is 2. The summed E-state index contributed by atoms with van der Waals surface area (Å²) in [5.74, 6) is -0.597. The molecule has 0 spiro atoms. The summed E-state index contributed by atoms with van der Waals surface area (Å²) in [6, 6.07) is 19.7. The summed E-state index contributed by atoms with van der Waals surface area (Å²) in [4.78, 5) is 27.0. The van der Waals surface area contributed by atoms with Crippen molar-refractivity contribution in [2.75, 3.05) is 29.0 Å². The fourth-order valence-corrected chi connectivity index (χ4v) is 5.47. The number of ether oxygens (including phenoxy) is 1. The first-order valence-electron chi connectivity index (χ1n) is 12.3. The van der Waals surface area contributed by atoms with E-state index >= 15 is 0 Å². The fourth-order valence-electron chi connectivity index (χ4n) is 3.63. The quantitative estimate of drug-likeness (QED) is 0.299. The minimum absolute atomic E-state index is 0.0422. The van der Waals surface area contributed by atoms with Gasteiger partial charge in [-0.05, 0) is 75.1 Å². The minimum atomic E-state index is -4.15. The number of thioether (sulfide) groups is 1. The lowest BCUT2D eigenvalue weighted by atomic mass is 10.1. The normalized spacial score (nSPS) is 11.9. The van der Waals surface area contributed by atoms with Crippen LogP contribution < -0.4 is 19.7 Å². The third-order valence-corrected chi connectivity index (χ3v) is 8.32. The van der Waals surface area contributed by atoms with Gasteiger partial charge >= 0.3 is 0 Å². The molecule has 0 fully saturated rings. The monoisotopic (exact) mass is 555 g/mol. The highest BCUT2D eigenvalue weighted by molar-refractivity contribution is 7.98. The molecule has 38 heavy (non-hydrogen) atoms. The van der Waals surface area contributed by atoms with Crippen LogP contribution in [0, 0.1) is 0 Å². The molecule has 3 aromatic carbocycles. The van der Waals surface area contributed by atoms with Crippen LogP contribution in [0.25, 0.3) is 0 Å². The number of carbonyl (C=O) groups excluding carboxylic acids is 2. The average Bonchev–Trinajstić information content (AvgIpc) is 2.92. The van der Waals surface area contributed by atoms with Crippen molar-refractivity contribution in [2.45, 2.75) is 43.0 Å². The van der Waals surface area contributed by atoms with Crippen LogP contribution in [0.3, 0.4) is 0 Å². The highest BCUT2D eigenvalue weighted by Crippen LogP contribution is 2.33. The predicted molar refractivity (Wildman–Crippen MR) is 153 cm³/mol. The molecule has 0 aliphatic rings. The van der Waals surface area contributed by atoms with E-state index in [1.165, 1.54) is 23.9 Å². The Labute approximate surface area is 228 Å². The van der Waals surface area contributed by atoms with Crippen molar-refractivity contribution in [3.8, 4) is 5.75 Å². The summed E-state index contributed by atoms with van der Waals surface area (Å²) < 4.78 is 34.4. The van der Waals surface area contributed by atoms with Gasteiger partial charge in [-0.15, -0.1) is 11.8 Å². The Balaban J connectivity index is 1.97. The number of rotatable bonds is 12. The molecular formula is C28H33N3O5S2. The SMILES string of the molecule is CCOc1ccccc1N(CC(=O)Nc1ccccc1C(=O)N[C@H](C)CC)S(=O)(=O)c1ccc(SC)cc1. The molecule has 3 rings (SSSR count). The van der Waals surface area contributed by atoms with Crippen LogP contribution in [-0.4, -0.2) is 45.7 Å². The van der Waals surface area contributed by atoms with Gasteiger partial charge in [-0.2, -0.15) is 0 Å². The third kappa shape index (κ3) is 7.08. The second-order valence-corrected chi connectivity index (χ2v) is 11.2. The highest BCUT2D eigenvalue weighted by Gasteiger charge is 2.30. The van der Waals surface area contributed by atoms with Gasteiger partial charge in [0.2, 0.25) is 5.91 Å². The number of hydrogen-bond acceptors (Lipinski definition) is 6. The fraction of sp³-hybridized carbons (Fsp3) is 0.286. The molecule has 0 bridgehead atoms. The van der Waals surface area contributed by atoms with E-state index in [2.05, 4.69) is 10.6 Å². The molecule has 0 aliphatic carbocycles. The van der Waals surface area contributed by atoms with Crippen LogP contribution in [0.1, 0.15) is 37.6 Å². The van der Waals surface area contributed by atoms with Gasteiger partial charge in [-0.3, -0.25) is 13.9 Å². The lowest BCUT2D eigenvalue weighted by molar-refractivity contribution is -0.114. The number of nitrogens with zero attached hydrogens (tertiary/aromatic N) is 1. The van der Waals surface area contributed by atoms with E-state index in [-0.39, 0.29) is 33.8 Å². The molecule has 0 saturated heterocycles. The Bertz CT molecular complexity index is 1360. The molecule has 0 unspecified atom stereocenters. The van der Waals surface area contributed by atoms with Crippen LogP contribution >= 0.6 is 11.8 Å². The van der Waals surface area contributed by atoms with Gasteiger partial charge in [0.1, 0.15) is 12.3 Å². The van der Waals surface area contributed by atoms with Gasteiger partial charge < -0.3 is 15.4 Å². The molecule has 8 nitrogen and oxygen atoms in total. The van der Waals surface area contributed by atoms with E-state index in [0.29, 0.717) is 12.4 Å². The summed E-state index contributed by atoms with van der Waals surface area (Å²) in [5.41, 5.74) is 0.817. The largest absolute Gasteiger partial charge is 0.492 e. The number of benzene rings is 3. The minimum Gasteiger partial charge on any atom is -0.492 e. The molecular weight excluding hydrogens is 522 g/mol. The van der Waals surface area contributed by atoms with Crippen molar-refractivity contribution in [2.24, 2.45) is 0 Å². The maximum atomic E-state index is 13.8. The molecule has 0 radical (unpaired) electrons. The number of amides is 2. The van der Waals surface area contributed by atoms with Gasteiger partial charge in [0.15, 0.2) is 0 Å². The third-order valence-electron chi connectivity index (χ3n) is 5.80. The van der Waals surface area contributed by atoms with Crippen LogP contribution in [0.4, 0.5) is 11.4 Å². The van der Waals surface area contributed by atoms with Gasteiger partial charge in [0.25, 0.3) is 15.9 Å². The molecule has 2 amide bonds. The van der Waals surface area contributed by atoms with Gasteiger partial charge in [0.05, 0.1) is 28.4 Å². The number of carbonyl (C=O) groups is 2. The van der Waals surface area contributed by atoms with Crippen LogP contribution in [0.15, 0.2) is 82.6 Å². The Morgan fingerprint density at radius 1 is 0.974 bits per heavy atom. The predicted octanol–water partition coefficient (Wildman–Crippen LogP) is 5.17. The first kappa shape index (κ1) is 29.1. The summed E-state index contributed by atoms with van der Waals surface area (Å²) in [7, 11) is -4.15. The van der Waals surface area contributed by atoms with Crippen LogP contribution in [0.5, 0.6) is 5.75 Å². The molecule has 1 atom stereocenters. The van der Waals surface area contributed by atoms with Crippen LogP contribution in [0.2, 0.25) is 0 Å². The van der Waals surface area contributed by atoms with Crippen molar-refractivity contribution in [3.63, 3.8) is 0 Å². The summed E-state index contributed by atoms with van der Waals surface area (Å²) >= 11 is 1.50. The molecule has 0 saturated carbocycles. The van der Waals surface area contributed by atoms with Crippen LogP contribution in [-0.2, 0) is 14.8 Å². The lowest BCUT2D eigenvalue weighted by Crippen LogP contribution is -2.39. The standard InChI is InChI=1S/C28H33N3O5S2/c1-5-20(3)29-28(33)23-11-7-8-12-24(23)30-27(32)19-31(25-13-9-10-14-26(25)36-6-2)38(34,35)22-17-15-21(37-4)16-18-22/h7-18,20H,5-6,19H2,1-4H3,(H,29,33)(H,30,32)/t20-/m1/s1. The van der Waals surface area contributed by atoms with Crippen molar-refractivity contribution < 1.29 is 22.7 Å². The number of hydrogen-bond donors (Lipinski definition) is 2. The van der Waals surface area contributed by atoms with Crippen molar-refractivity contribution in [3.05, 3.63) is 78.4 Å². The average molecular weight is 556 g/mol. The van der Waals surface area contributed by atoms with E-state index in [9.17, 15) is 18.0 Å². The number of para-hydroxylation sites is 3. The van der Waals surface area contributed by atoms with E-state index < -0.39 is 22.5 Å². The number of nitrogens with one attached hydrogen (secondary N) is 2. The topological polar surface area (TPSA) is 105 Å². The Morgan fingerprint density at radius 3 is 2.29 bits per heavy atom. The van der Waals surface area contributed by atoms with Crippen molar-refractivity contribution in [1.29, 1.82) is 0 Å². The molecule has 202 valence electrons. The zero-order valence-electron chi connectivity index (χ0n) is 21.9. The molecule has 3 aromatic rings. The second kappa shape index (κ2) is 13.3. The Morgan fingerprint density at radius 2 is 1.63 bits per heavy atom. The zero-order valence-corrected chi connectivity index (χ0v) is 23.6. The van der Waals surface area contributed by atoms with E-state index in [1.807, 2.05) is 20.1 Å². The lowest BCUT2D eigenvalue weighted by Gasteiger charge is -2.26. The summed E-state index contributed by atoms with van der Waals surface area (Å²) in [6.07, 6.45) is 2.66. The molecule has 0 heterocycles. The van der Waals surface area contributed by atoms with E-state index in [1.54, 1.807) is 67.6 Å². The zero-order chi connectivity index (χ0) is 27.7. The van der Waals surface area contributed by atoms with Gasteiger partial charge in [0, 0.05) is 10.9 Å². The first-order valence-corrected chi connectivity index (χ1v) is 15.0. The second-order valence-electron chi connectivity index (χ2n) is 8.46. The highest BCUT2D eigenvalue weighted by atomic mass is 32.2. The summed E-state index contributed by atoms with van der Waals surface area (Å²) in [5, 5.41) is 5.61. The van der Waals surface area contributed by atoms with E-state index in [4.69, 9.17) is 4.74 Å². The Kier molecular flexibility index (Phi) is 10.2. The number of sulfonamides is 1.